The summed E-state index contributed by atoms with van der Waals surface area (Å²) >= 11 is 0. The Morgan fingerprint density at radius 1 is 1.07 bits per heavy atom. The van der Waals surface area contributed by atoms with Crippen LogP contribution in [0.25, 0.3) is 0 Å². The monoisotopic (exact) mass is 413 g/mol. The highest BCUT2D eigenvalue weighted by Gasteiger charge is 2.33. The molecule has 2 aliphatic heterocycles. The quantitative estimate of drug-likeness (QED) is 0.601. The number of nitriles is 1. The second-order valence-electron chi connectivity index (χ2n) is 6.92. The van der Waals surface area contributed by atoms with Crippen molar-refractivity contribution in [1.29, 1.82) is 5.26 Å². The maximum Gasteiger partial charge on any atom is 0.292 e. The molecule has 0 radical (unpaired) electrons. The van der Waals surface area contributed by atoms with Gasteiger partial charge in [-0.15, -0.1) is 0 Å². The molecular weight excluding hydrogens is 394 g/mol. The summed E-state index contributed by atoms with van der Waals surface area (Å²) < 4.78 is 27.2. The van der Waals surface area contributed by atoms with E-state index in [4.69, 9.17) is 5.26 Å². The summed E-state index contributed by atoms with van der Waals surface area (Å²) in [6, 6.07) is 11.0. The van der Waals surface area contributed by atoms with Gasteiger partial charge in [0.05, 0.1) is 21.5 Å². The summed E-state index contributed by atoms with van der Waals surface area (Å²) in [5.41, 5.74) is 2.86. The first-order chi connectivity index (χ1) is 13.9. The Bertz CT molecular complexity index is 1100. The van der Waals surface area contributed by atoms with Crippen LogP contribution in [0.4, 0.5) is 17.1 Å². The fraction of sp³-hybridized carbons (Fsp3) is 0.316. The Labute approximate surface area is 168 Å². The van der Waals surface area contributed by atoms with Crippen LogP contribution in [0.2, 0.25) is 0 Å². The average molecular weight is 413 g/mol. The van der Waals surface area contributed by atoms with Gasteiger partial charge in [-0.3, -0.25) is 10.1 Å². The third-order valence-corrected chi connectivity index (χ3v) is 7.24. The molecule has 0 unspecified atom stereocenters. The lowest BCUT2D eigenvalue weighted by atomic mass is 10.1. The molecule has 29 heavy (non-hydrogen) atoms. The van der Waals surface area contributed by atoms with Crippen LogP contribution in [0.3, 0.4) is 0 Å². The first-order valence-electron chi connectivity index (χ1n) is 9.21. The van der Waals surface area contributed by atoms with Gasteiger partial charge in [0, 0.05) is 50.0 Å². The summed E-state index contributed by atoms with van der Waals surface area (Å²) in [7, 11) is -3.68. The topological polar surface area (TPSA) is 120 Å². The number of sulfonamides is 1. The minimum absolute atomic E-state index is 0.0517. The van der Waals surface area contributed by atoms with Gasteiger partial charge in [-0.2, -0.15) is 9.57 Å². The van der Waals surface area contributed by atoms with Gasteiger partial charge >= 0.3 is 0 Å². The molecule has 2 aromatic carbocycles. The summed E-state index contributed by atoms with van der Waals surface area (Å²) in [6.07, 6.45) is 0.704. The molecule has 10 heteroatoms. The standard InChI is InChI=1S/C19H19N5O4S/c20-13-14-1-3-15(4-2-14)29(27,28)23-11-9-22(10-12-23)19-16-7-8-21-17(16)5-6-18(19)24(25)26/h1-6,21H,7-12H2. The van der Waals surface area contributed by atoms with Gasteiger partial charge in [0.15, 0.2) is 0 Å². The van der Waals surface area contributed by atoms with Crippen LogP contribution in [0.5, 0.6) is 0 Å². The molecule has 0 spiro atoms. The SMILES string of the molecule is N#Cc1ccc(S(=O)(=O)N2CCN(c3c([N+](=O)[O-])ccc4c3CCN4)CC2)cc1. The van der Waals surface area contributed by atoms with Gasteiger partial charge in [-0.25, -0.2) is 8.42 Å². The lowest BCUT2D eigenvalue weighted by Gasteiger charge is -2.35. The van der Waals surface area contributed by atoms with Crippen molar-refractivity contribution in [2.75, 3.05) is 42.9 Å². The molecule has 0 aromatic heterocycles. The number of nitrogens with zero attached hydrogens (tertiary/aromatic N) is 4. The molecule has 0 aliphatic carbocycles. The molecule has 2 aliphatic rings. The predicted octanol–water partition coefficient (Wildman–Crippen LogP) is 1.95. The summed E-state index contributed by atoms with van der Waals surface area (Å²) in [5, 5.41) is 23.7. The lowest BCUT2D eigenvalue weighted by Crippen LogP contribution is -2.49. The zero-order valence-corrected chi connectivity index (χ0v) is 16.4. The molecule has 4 rings (SSSR count). The van der Waals surface area contributed by atoms with E-state index in [2.05, 4.69) is 5.32 Å². The van der Waals surface area contributed by atoms with Gasteiger partial charge < -0.3 is 10.2 Å². The molecule has 150 valence electrons. The molecule has 9 nitrogen and oxygen atoms in total. The number of rotatable bonds is 4. The van der Waals surface area contributed by atoms with Crippen molar-refractivity contribution in [3.63, 3.8) is 0 Å². The molecule has 0 atom stereocenters. The lowest BCUT2D eigenvalue weighted by molar-refractivity contribution is -0.384. The van der Waals surface area contributed by atoms with Gasteiger partial charge in [-0.05, 0) is 36.8 Å². The third kappa shape index (κ3) is 3.39. The van der Waals surface area contributed by atoms with Crippen molar-refractivity contribution in [3.8, 4) is 6.07 Å². The van der Waals surface area contributed by atoms with Crippen molar-refractivity contribution in [3.05, 3.63) is 57.6 Å². The van der Waals surface area contributed by atoms with Crippen LogP contribution < -0.4 is 10.2 Å². The molecule has 1 N–H and O–H groups in total. The molecule has 1 saturated heterocycles. The second kappa shape index (κ2) is 7.35. The van der Waals surface area contributed by atoms with E-state index in [1.807, 2.05) is 11.0 Å². The Balaban J connectivity index is 1.57. The van der Waals surface area contributed by atoms with Gasteiger partial charge in [0.1, 0.15) is 5.69 Å². The maximum atomic E-state index is 12.9. The highest BCUT2D eigenvalue weighted by atomic mass is 32.2. The van der Waals surface area contributed by atoms with Crippen molar-refractivity contribution in [2.24, 2.45) is 0 Å². The van der Waals surface area contributed by atoms with Gasteiger partial charge in [-0.1, -0.05) is 0 Å². The van der Waals surface area contributed by atoms with Crippen molar-refractivity contribution >= 4 is 27.1 Å². The molecule has 1 fully saturated rings. The first-order valence-corrected chi connectivity index (χ1v) is 10.7. The molecule has 2 heterocycles. The Morgan fingerprint density at radius 3 is 2.38 bits per heavy atom. The van der Waals surface area contributed by atoms with Crippen LogP contribution in [0.1, 0.15) is 11.1 Å². The zero-order valence-electron chi connectivity index (χ0n) is 15.5. The highest BCUT2D eigenvalue weighted by molar-refractivity contribution is 7.89. The average Bonchev–Trinajstić information content (AvgIpc) is 3.22. The Morgan fingerprint density at radius 2 is 1.76 bits per heavy atom. The predicted molar refractivity (Wildman–Crippen MR) is 107 cm³/mol. The van der Waals surface area contributed by atoms with E-state index >= 15 is 0 Å². The van der Waals surface area contributed by atoms with E-state index < -0.39 is 10.0 Å². The molecule has 0 saturated carbocycles. The highest BCUT2D eigenvalue weighted by Crippen LogP contribution is 2.40. The number of hydrogen-bond donors (Lipinski definition) is 1. The minimum atomic E-state index is -3.68. The fourth-order valence-electron chi connectivity index (χ4n) is 3.87. The van der Waals surface area contributed by atoms with E-state index in [1.165, 1.54) is 34.6 Å². The van der Waals surface area contributed by atoms with E-state index in [1.54, 1.807) is 6.07 Å². The maximum absolute atomic E-state index is 12.9. The summed E-state index contributed by atoms with van der Waals surface area (Å²) in [6.45, 7) is 1.93. The van der Waals surface area contributed by atoms with E-state index in [0.29, 0.717) is 30.8 Å². The number of nitro benzene ring substituents is 1. The largest absolute Gasteiger partial charge is 0.384 e. The third-order valence-electron chi connectivity index (χ3n) is 5.32. The molecule has 0 amide bonds. The number of nitro groups is 1. The van der Waals surface area contributed by atoms with Crippen LogP contribution in [0.15, 0.2) is 41.3 Å². The molecule has 2 aromatic rings. The van der Waals surface area contributed by atoms with Gasteiger partial charge in [0.2, 0.25) is 10.0 Å². The van der Waals surface area contributed by atoms with Crippen LogP contribution in [-0.4, -0.2) is 50.4 Å². The fourth-order valence-corrected chi connectivity index (χ4v) is 5.29. The minimum Gasteiger partial charge on any atom is -0.384 e. The first kappa shape index (κ1) is 19.2. The van der Waals surface area contributed by atoms with Crippen LogP contribution in [0, 0.1) is 21.4 Å². The smallest absolute Gasteiger partial charge is 0.292 e. The van der Waals surface area contributed by atoms with Crippen LogP contribution >= 0.6 is 0 Å². The van der Waals surface area contributed by atoms with Crippen molar-refractivity contribution in [1.82, 2.24) is 4.31 Å². The number of piperazine rings is 1. The van der Waals surface area contributed by atoms with Crippen molar-refractivity contribution in [2.45, 2.75) is 11.3 Å². The van der Waals surface area contributed by atoms with E-state index in [0.717, 1.165) is 17.8 Å². The zero-order chi connectivity index (χ0) is 20.6. The van der Waals surface area contributed by atoms with E-state index in [9.17, 15) is 18.5 Å². The number of fused-ring (bicyclic) bond motifs is 1. The normalized spacial score (nSPS) is 16.7. The van der Waals surface area contributed by atoms with Gasteiger partial charge in [0.25, 0.3) is 5.69 Å². The Hall–Kier alpha value is -3.16. The molecular formula is C19H19N5O4S. The summed E-state index contributed by atoms with van der Waals surface area (Å²) in [5.74, 6) is 0. The molecule has 0 bridgehead atoms. The number of anilines is 2. The Kier molecular flexibility index (Phi) is 4.86. The van der Waals surface area contributed by atoms with Crippen LogP contribution in [-0.2, 0) is 16.4 Å². The number of benzene rings is 2. The summed E-state index contributed by atoms with van der Waals surface area (Å²) in [4.78, 5) is 13.2. The van der Waals surface area contributed by atoms with E-state index in [-0.39, 0.29) is 28.6 Å². The van der Waals surface area contributed by atoms with Crippen molar-refractivity contribution < 1.29 is 13.3 Å². The second-order valence-corrected chi connectivity index (χ2v) is 8.86. The number of hydrogen-bond acceptors (Lipinski definition) is 7. The number of nitrogens with one attached hydrogen (secondary N) is 1.